The van der Waals surface area contributed by atoms with Crippen LogP contribution in [0, 0.1) is 0 Å². The van der Waals surface area contributed by atoms with Gasteiger partial charge in [-0.25, -0.2) is 0 Å². The molecule has 1 saturated carbocycles. The maximum atomic E-state index is 5.63. The summed E-state index contributed by atoms with van der Waals surface area (Å²) in [5.41, 5.74) is 0.0928. The normalized spacial score (nSPS) is 27.3. The fourth-order valence-electron chi connectivity index (χ4n) is 3.68. The van der Waals surface area contributed by atoms with Gasteiger partial charge in [-0.15, -0.1) is 0 Å². The predicted octanol–water partition coefficient (Wildman–Crippen LogP) is 3.67. The van der Waals surface area contributed by atoms with Crippen LogP contribution < -0.4 is 5.32 Å². The SMILES string of the molecule is CCCC1(c2nc(CSC3CCCCC3)no2)CCNC1. The lowest BCUT2D eigenvalue weighted by Crippen LogP contribution is -2.29. The molecule has 1 saturated heterocycles. The molecule has 0 bridgehead atoms. The second kappa shape index (κ2) is 7.14. The molecule has 21 heavy (non-hydrogen) atoms. The highest BCUT2D eigenvalue weighted by Crippen LogP contribution is 2.35. The molecule has 1 N–H and O–H groups in total. The summed E-state index contributed by atoms with van der Waals surface area (Å²) in [4.78, 5) is 4.73. The molecule has 2 fully saturated rings. The monoisotopic (exact) mass is 309 g/mol. The lowest BCUT2D eigenvalue weighted by atomic mass is 9.82. The maximum Gasteiger partial charge on any atom is 0.234 e. The molecule has 1 aliphatic heterocycles. The molecular formula is C16H27N3OS. The number of aromatic nitrogens is 2. The molecule has 0 aromatic carbocycles. The lowest BCUT2D eigenvalue weighted by molar-refractivity contribution is 0.276. The molecule has 1 aromatic rings. The fraction of sp³-hybridized carbons (Fsp3) is 0.875. The topological polar surface area (TPSA) is 51.0 Å². The van der Waals surface area contributed by atoms with E-state index in [1.807, 2.05) is 11.8 Å². The zero-order valence-electron chi connectivity index (χ0n) is 13.1. The number of rotatable bonds is 6. The summed E-state index contributed by atoms with van der Waals surface area (Å²) in [6.45, 7) is 4.28. The molecule has 0 amide bonds. The van der Waals surface area contributed by atoms with Crippen LogP contribution in [0.15, 0.2) is 4.52 Å². The smallest absolute Gasteiger partial charge is 0.234 e. The van der Waals surface area contributed by atoms with Gasteiger partial charge >= 0.3 is 0 Å². The largest absolute Gasteiger partial charge is 0.339 e. The summed E-state index contributed by atoms with van der Waals surface area (Å²) >= 11 is 2.02. The molecule has 118 valence electrons. The quantitative estimate of drug-likeness (QED) is 0.869. The van der Waals surface area contributed by atoms with E-state index < -0.39 is 0 Å². The van der Waals surface area contributed by atoms with Gasteiger partial charge in [0, 0.05) is 11.8 Å². The number of nitrogens with one attached hydrogen (secondary N) is 1. The number of nitrogens with zero attached hydrogens (tertiary/aromatic N) is 2. The highest BCUT2D eigenvalue weighted by Gasteiger charge is 2.40. The summed E-state index contributed by atoms with van der Waals surface area (Å²) in [5, 5.41) is 8.50. The van der Waals surface area contributed by atoms with Crippen LogP contribution in [0.2, 0.25) is 0 Å². The van der Waals surface area contributed by atoms with Crippen LogP contribution >= 0.6 is 11.8 Å². The molecule has 1 unspecified atom stereocenters. The highest BCUT2D eigenvalue weighted by molar-refractivity contribution is 7.99. The van der Waals surface area contributed by atoms with Crippen molar-refractivity contribution < 1.29 is 4.52 Å². The van der Waals surface area contributed by atoms with E-state index in [9.17, 15) is 0 Å². The standard InChI is InChI=1S/C16H27N3OS/c1-2-8-16(9-10-17-12-16)15-18-14(19-20-15)11-21-13-6-4-3-5-7-13/h13,17H,2-12H2,1H3. The van der Waals surface area contributed by atoms with Gasteiger partial charge in [0.1, 0.15) is 0 Å². The minimum atomic E-state index is 0.0928. The summed E-state index contributed by atoms with van der Waals surface area (Å²) in [5.74, 6) is 2.67. The Morgan fingerprint density at radius 1 is 1.33 bits per heavy atom. The third kappa shape index (κ3) is 3.62. The van der Waals surface area contributed by atoms with E-state index in [2.05, 4.69) is 17.4 Å². The Balaban J connectivity index is 1.59. The first kappa shape index (κ1) is 15.3. The molecule has 2 heterocycles. The number of hydrogen-bond donors (Lipinski definition) is 1. The van der Waals surface area contributed by atoms with Gasteiger partial charge in [-0.2, -0.15) is 16.7 Å². The molecule has 0 spiro atoms. The first-order valence-electron chi connectivity index (χ1n) is 8.48. The van der Waals surface area contributed by atoms with Gasteiger partial charge < -0.3 is 9.84 Å². The molecule has 1 atom stereocenters. The highest BCUT2D eigenvalue weighted by atomic mass is 32.2. The van der Waals surface area contributed by atoms with Crippen LogP contribution in [0.25, 0.3) is 0 Å². The van der Waals surface area contributed by atoms with E-state index in [1.165, 1.54) is 32.1 Å². The Morgan fingerprint density at radius 3 is 2.90 bits per heavy atom. The van der Waals surface area contributed by atoms with Crippen LogP contribution in [0.1, 0.15) is 70.0 Å². The zero-order valence-corrected chi connectivity index (χ0v) is 13.9. The van der Waals surface area contributed by atoms with Crippen LogP contribution in [0.4, 0.5) is 0 Å². The summed E-state index contributed by atoms with van der Waals surface area (Å²) < 4.78 is 5.63. The predicted molar refractivity (Wildman–Crippen MR) is 86.5 cm³/mol. The maximum absolute atomic E-state index is 5.63. The molecule has 0 radical (unpaired) electrons. The van der Waals surface area contributed by atoms with E-state index >= 15 is 0 Å². The Labute approximate surface area is 131 Å². The summed E-state index contributed by atoms with van der Waals surface area (Å²) in [6.07, 6.45) is 10.3. The van der Waals surface area contributed by atoms with Crippen molar-refractivity contribution in [3.8, 4) is 0 Å². The van der Waals surface area contributed by atoms with Crippen molar-refractivity contribution in [2.75, 3.05) is 13.1 Å². The van der Waals surface area contributed by atoms with Gasteiger partial charge in [-0.1, -0.05) is 37.8 Å². The molecule has 1 aliphatic carbocycles. The van der Waals surface area contributed by atoms with Gasteiger partial charge in [0.25, 0.3) is 0 Å². The number of hydrogen-bond acceptors (Lipinski definition) is 5. The van der Waals surface area contributed by atoms with E-state index in [4.69, 9.17) is 9.51 Å². The van der Waals surface area contributed by atoms with Gasteiger partial charge in [0.2, 0.25) is 5.89 Å². The van der Waals surface area contributed by atoms with Crippen molar-refractivity contribution in [3.63, 3.8) is 0 Å². The minimum Gasteiger partial charge on any atom is -0.339 e. The summed E-state index contributed by atoms with van der Waals surface area (Å²) in [6, 6.07) is 0. The van der Waals surface area contributed by atoms with Gasteiger partial charge in [-0.3, -0.25) is 0 Å². The summed E-state index contributed by atoms with van der Waals surface area (Å²) in [7, 11) is 0. The van der Waals surface area contributed by atoms with Crippen LogP contribution in [0.3, 0.4) is 0 Å². The van der Waals surface area contributed by atoms with Gasteiger partial charge in [0.15, 0.2) is 5.82 Å². The Kier molecular flexibility index (Phi) is 5.22. The van der Waals surface area contributed by atoms with Crippen molar-refractivity contribution in [2.45, 2.75) is 74.7 Å². The van der Waals surface area contributed by atoms with E-state index in [1.54, 1.807) is 0 Å². The minimum absolute atomic E-state index is 0.0928. The third-order valence-corrected chi connectivity index (χ3v) is 6.26. The lowest BCUT2D eigenvalue weighted by Gasteiger charge is -2.22. The molecule has 3 rings (SSSR count). The first-order chi connectivity index (χ1) is 10.3. The second-order valence-electron chi connectivity index (χ2n) is 6.54. The number of thioether (sulfide) groups is 1. The zero-order chi connectivity index (χ0) is 14.5. The molecular weight excluding hydrogens is 282 g/mol. The molecule has 2 aliphatic rings. The van der Waals surface area contributed by atoms with Crippen LogP contribution in [-0.2, 0) is 11.2 Å². The van der Waals surface area contributed by atoms with E-state index in [0.717, 1.165) is 55.1 Å². The van der Waals surface area contributed by atoms with Crippen LogP contribution in [-0.4, -0.2) is 28.5 Å². The van der Waals surface area contributed by atoms with Gasteiger partial charge in [0.05, 0.1) is 11.2 Å². The van der Waals surface area contributed by atoms with Crippen LogP contribution in [0.5, 0.6) is 0 Å². The third-order valence-electron chi connectivity index (χ3n) is 4.89. The molecule has 4 nitrogen and oxygen atoms in total. The second-order valence-corrected chi connectivity index (χ2v) is 7.83. The van der Waals surface area contributed by atoms with E-state index in [0.29, 0.717) is 0 Å². The Morgan fingerprint density at radius 2 is 2.19 bits per heavy atom. The average molecular weight is 309 g/mol. The van der Waals surface area contributed by atoms with Crippen molar-refractivity contribution in [2.24, 2.45) is 0 Å². The van der Waals surface area contributed by atoms with E-state index in [-0.39, 0.29) is 5.41 Å². The van der Waals surface area contributed by atoms with Crippen molar-refractivity contribution >= 4 is 11.8 Å². The molecule has 5 heteroatoms. The fourth-order valence-corrected chi connectivity index (χ4v) is 4.85. The average Bonchev–Trinajstić information content (AvgIpc) is 3.16. The first-order valence-corrected chi connectivity index (χ1v) is 9.53. The molecule has 1 aromatic heterocycles. The van der Waals surface area contributed by atoms with Gasteiger partial charge in [-0.05, 0) is 32.2 Å². The van der Waals surface area contributed by atoms with Crippen molar-refractivity contribution in [1.82, 2.24) is 15.5 Å². The Bertz CT molecular complexity index is 436. The Hall–Kier alpha value is -0.550. The van der Waals surface area contributed by atoms with Crippen molar-refractivity contribution in [1.29, 1.82) is 0 Å². The van der Waals surface area contributed by atoms with Crippen molar-refractivity contribution in [3.05, 3.63) is 11.7 Å².